The number of ketones is 1. The van der Waals surface area contributed by atoms with Gasteiger partial charge in [-0.1, -0.05) is 13.0 Å². The Balaban J connectivity index is 2.57. The van der Waals surface area contributed by atoms with Crippen molar-refractivity contribution in [1.29, 1.82) is 0 Å². The Morgan fingerprint density at radius 2 is 2.21 bits per heavy atom. The Labute approximate surface area is 84.3 Å². The van der Waals surface area contributed by atoms with Crippen molar-refractivity contribution in [2.75, 3.05) is 11.9 Å². The normalized spacial score (nSPS) is 14.9. The first-order valence-electron chi connectivity index (χ1n) is 5.13. The fourth-order valence-electron chi connectivity index (χ4n) is 1.96. The van der Waals surface area contributed by atoms with Crippen LogP contribution < -0.4 is 5.32 Å². The molecule has 1 aliphatic heterocycles. The van der Waals surface area contributed by atoms with E-state index >= 15 is 0 Å². The molecule has 1 aromatic rings. The summed E-state index contributed by atoms with van der Waals surface area (Å²) in [5.74, 6) is 0.275. The number of anilines is 1. The molecular formula is C12H15NO. The molecule has 74 valence electrons. The van der Waals surface area contributed by atoms with Crippen LogP contribution in [0.25, 0.3) is 0 Å². The average molecular weight is 189 g/mol. The molecule has 2 heteroatoms. The van der Waals surface area contributed by atoms with Gasteiger partial charge in [0, 0.05) is 24.2 Å². The third-order valence-electron chi connectivity index (χ3n) is 2.76. The van der Waals surface area contributed by atoms with Crippen molar-refractivity contribution >= 4 is 11.5 Å². The van der Waals surface area contributed by atoms with E-state index in [1.165, 1.54) is 11.1 Å². The van der Waals surface area contributed by atoms with Gasteiger partial charge in [-0.2, -0.15) is 0 Å². The van der Waals surface area contributed by atoms with Crippen molar-refractivity contribution in [3.63, 3.8) is 0 Å². The topological polar surface area (TPSA) is 29.1 Å². The molecule has 0 amide bonds. The number of rotatable bonds is 1. The van der Waals surface area contributed by atoms with Crippen LogP contribution in [0, 0.1) is 6.92 Å². The number of carbonyl (C=O) groups excluding carboxylic acids is 1. The van der Waals surface area contributed by atoms with Gasteiger partial charge in [0.1, 0.15) is 0 Å². The molecule has 0 spiro atoms. The van der Waals surface area contributed by atoms with Crippen molar-refractivity contribution in [2.24, 2.45) is 0 Å². The monoisotopic (exact) mass is 189 g/mol. The van der Waals surface area contributed by atoms with Crippen molar-refractivity contribution < 1.29 is 4.79 Å². The third-order valence-corrected chi connectivity index (χ3v) is 2.76. The Bertz CT molecular complexity index is 382. The van der Waals surface area contributed by atoms with E-state index in [1.807, 2.05) is 6.07 Å². The lowest BCUT2D eigenvalue weighted by Gasteiger charge is -2.20. The van der Waals surface area contributed by atoms with Gasteiger partial charge in [0.15, 0.2) is 5.78 Å². The van der Waals surface area contributed by atoms with Crippen LogP contribution in [-0.2, 0) is 6.42 Å². The molecule has 1 N–H and O–H groups in total. The SMILES string of the molecule is CCc1cc(C)c2c(c1)C(=O)CCN2. The lowest BCUT2D eigenvalue weighted by Crippen LogP contribution is -2.19. The maximum absolute atomic E-state index is 11.7. The highest BCUT2D eigenvalue weighted by molar-refractivity contribution is 6.03. The van der Waals surface area contributed by atoms with Crippen LogP contribution in [0.2, 0.25) is 0 Å². The summed E-state index contributed by atoms with van der Waals surface area (Å²) in [5.41, 5.74) is 4.36. The summed E-state index contributed by atoms with van der Waals surface area (Å²) in [6, 6.07) is 4.18. The first-order chi connectivity index (χ1) is 6.72. The third kappa shape index (κ3) is 1.41. The predicted octanol–water partition coefficient (Wildman–Crippen LogP) is 2.56. The molecule has 0 aromatic heterocycles. The number of carbonyl (C=O) groups is 1. The number of hydrogen-bond acceptors (Lipinski definition) is 2. The number of Topliss-reactive ketones (excluding diaryl/α,β-unsaturated/α-hetero) is 1. The maximum atomic E-state index is 11.7. The molecule has 2 rings (SSSR count). The Kier molecular flexibility index (Phi) is 2.28. The lowest BCUT2D eigenvalue weighted by molar-refractivity contribution is 0.0983. The lowest BCUT2D eigenvalue weighted by atomic mass is 9.95. The summed E-state index contributed by atoms with van der Waals surface area (Å²) in [6.07, 6.45) is 1.61. The van der Waals surface area contributed by atoms with Crippen LogP contribution in [0.4, 0.5) is 5.69 Å². The molecule has 1 heterocycles. The second kappa shape index (κ2) is 3.45. The highest BCUT2D eigenvalue weighted by atomic mass is 16.1. The molecule has 0 atom stereocenters. The predicted molar refractivity (Wildman–Crippen MR) is 58.0 cm³/mol. The zero-order valence-electron chi connectivity index (χ0n) is 8.68. The zero-order valence-corrected chi connectivity index (χ0v) is 8.68. The number of aryl methyl sites for hydroxylation is 2. The largest absolute Gasteiger partial charge is 0.384 e. The molecule has 0 radical (unpaired) electrons. The van der Waals surface area contributed by atoms with Gasteiger partial charge in [-0.15, -0.1) is 0 Å². The molecule has 0 fully saturated rings. The summed E-state index contributed by atoms with van der Waals surface area (Å²) in [5, 5.41) is 3.29. The minimum Gasteiger partial charge on any atom is -0.384 e. The summed E-state index contributed by atoms with van der Waals surface area (Å²) in [7, 11) is 0. The van der Waals surface area contributed by atoms with Crippen molar-refractivity contribution in [3.8, 4) is 0 Å². The molecule has 2 nitrogen and oxygen atoms in total. The maximum Gasteiger partial charge on any atom is 0.166 e. The Morgan fingerprint density at radius 1 is 1.43 bits per heavy atom. The number of fused-ring (bicyclic) bond motifs is 1. The van der Waals surface area contributed by atoms with Gasteiger partial charge in [0.05, 0.1) is 0 Å². The molecule has 14 heavy (non-hydrogen) atoms. The van der Waals surface area contributed by atoms with E-state index in [4.69, 9.17) is 0 Å². The number of hydrogen-bond donors (Lipinski definition) is 1. The van der Waals surface area contributed by atoms with Crippen LogP contribution in [-0.4, -0.2) is 12.3 Å². The summed E-state index contributed by atoms with van der Waals surface area (Å²) in [4.78, 5) is 11.7. The van der Waals surface area contributed by atoms with Crippen molar-refractivity contribution in [2.45, 2.75) is 26.7 Å². The Morgan fingerprint density at radius 3 is 2.93 bits per heavy atom. The quantitative estimate of drug-likeness (QED) is 0.735. The van der Waals surface area contributed by atoms with Crippen LogP contribution in [0.3, 0.4) is 0 Å². The molecule has 0 aliphatic carbocycles. The summed E-state index contributed by atoms with van der Waals surface area (Å²) >= 11 is 0. The van der Waals surface area contributed by atoms with Gasteiger partial charge in [0.25, 0.3) is 0 Å². The minimum absolute atomic E-state index is 0.275. The van der Waals surface area contributed by atoms with E-state index in [1.54, 1.807) is 0 Å². The van der Waals surface area contributed by atoms with Crippen molar-refractivity contribution in [1.82, 2.24) is 0 Å². The van der Waals surface area contributed by atoms with E-state index in [9.17, 15) is 4.79 Å². The van der Waals surface area contributed by atoms with E-state index in [-0.39, 0.29) is 5.78 Å². The van der Waals surface area contributed by atoms with Gasteiger partial charge < -0.3 is 5.32 Å². The molecule has 1 aromatic carbocycles. The number of nitrogens with one attached hydrogen (secondary N) is 1. The summed E-state index contributed by atoms with van der Waals surface area (Å²) in [6.45, 7) is 4.95. The van der Waals surface area contributed by atoms with Crippen LogP contribution in [0.1, 0.15) is 34.8 Å². The van der Waals surface area contributed by atoms with E-state index < -0.39 is 0 Å². The first-order valence-corrected chi connectivity index (χ1v) is 5.13. The molecule has 0 saturated carbocycles. The molecule has 0 saturated heterocycles. The summed E-state index contributed by atoms with van der Waals surface area (Å²) < 4.78 is 0. The van der Waals surface area contributed by atoms with Crippen LogP contribution in [0.5, 0.6) is 0 Å². The fourth-order valence-corrected chi connectivity index (χ4v) is 1.96. The average Bonchev–Trinajstić information content (AvgIpc) is 2.19. The standard InChI is InChI=1S/C12H15NO/c1-3-9-6-8(2)12-10(7-9)11(14)4-5-13-12/h6-7,13H,3-5H2,1-2H3. The smallest absolute Gasteiger partial charge is 0.166 e. The fraction of sp³-hybridized carbons (Fsp3) is 0.417. The molecule has 0 bridgehead atoms. The Hall–Kier alpha value is -1.31. The molecule has 0 unspecified atom stereocenters. The van der Waals surface area contributed by atoms with Crippen molar-refractivity contribution in [3.05, 3.63) is 28.8 Å². The van der Waals surface area contributed by atoms with Gasteiger partial charge in [-0.25, -0.2) is 0 Å². The second-order valence-electron chi connectivity index (χ2n) is 3.79. The van der Waals surface area contributed by atoms with Gasteiger partial charge in [-0.3, -0.25) is 4.79 Å². The molecular weight excluding hydrogens is 174 g/mol. The second-order valence-corrected chi connectivity index (χ2v) is 3.79. The zero-order chi connectivity index (χ0) is 10.1. The number of benzene rings is 1. The highest BCUT2D eigenvalue weighted by Crippen LogP contribution is 2.27. The van der Waals surface area contributed by atoms with E-state index in [0.717, 1.165) is 24.2 Å². The first kappa shape index (κ1) is 9.25. The highest BCUT2D eigenvalue weighted by Gasteiger charge is 2.18. The molecule has 1 aliphatic rings. The van der Waals surface area contributed by atoms with Crippen LogP contribution in [0.15, 0.2) is 12.1 Å². The van der Waals surface area contributed by atoms with Gasteiger partial charge >= 0.3 is 0 Å². The van der Waals surface area contributed by atoms with E-state index in [2.05, 4.69) is 25.2 Å². The van der Waals surface area contributed by atoms with Crippen LogP contribution >= 0.6 is 0 Å². The van der Waals surface area contributed by atoms with E-state index in [0.29, 0.717) is 6.42 Å². The minimum atomic E-state index is 0.275. The van der Waals surface area contributed by atoms with Gasteiger partial charge in [-0.05, 0) is 30.5 Å². The van der Waals surface area contributed by atoms with Gasteiger partial charge in [0.2, 0.25) is 0 Å².